The van der Waals surface area contributed by atoms with Crippen molar-refractivity contribution in [3.63, 3.8) is 0 Å². The maximum Gasteiger partial charge on any atom is 0.0484 e. The first-order valence-corrected chi connectivity index (χ1v) is 3.87. The van der Waals surface area contributed by atoms with E-state index in [1.807, 2.05) is 24.3 Å². The van der Waals surface area contributed by atoms with Crippen molar-refractivity contribution in [1.29, 1.82) is 0 Å². The number of allylic oxidation sites excluding steroid dienone is 4. The average Bonchev–Trinajstić information content (AvgIpc) is 2.12. The third-order valence-corrected chi connectivity index (χ3v) is 1.81. The second kappa shape index (κ2) is 2.93. The van der Waals surface area contributed by atoms with Crippen LogP contribution in [0.3, 0.4) is 0 Å². The first-order chi connectivity index (χ1) is 5.47. The van der Waals surface area contributed by atoms with Crippen LogP contribution in [0.15, 0.2) is 36.7 Å². The minimum Gasteiger partial charge on any atom is -0.289 e. The summed E-state index contributed by atoms with van der Waals surface area (Å²) in [5.41, 5.74) is 0. The van der Waals surface area contributed by atoms with Crippen LogP contribution in [0.1, 0.15) is 6.42 Å². The Bertz CT molecular complexity index is 196. The highest BCUT2D eigenvalue weighted by atomic mass is 15.6. The molecule has 57 valence electrons. The molecule has 0 unspecified atom stereocenters. The van der Waals surface area contributed by atoms with Crippen LogP contribution in [0.2, 0.25) is 0 Å². The van der Waals surface area contributed by atoms with E-state index in [1.54, 1.807) is 0 Å². The third kappa shape index (κ3) is 1.35. The molecule has 11 heavy (non-hydrogen) atoms. The van der Waals surface area contributed by atoms with E-state index in [-0.39, 0.29) is 0 Å². The Morgan fingerprint density at radius 2 is 1.55 bits per heavy atom. The first kappa shape index (κ1) is 6.68. The molecule has 2 rings (SSSR count). The van der Waals surface area contributed by atoms with Gasteiger partial charge in [-0.15, -0.1) is 0 Å². The van der Waals surface area contributed by atoms with E-state index in [9.17, 15) is 0 Å². The van der Waals surface area contributed by atoms with Gasteiger partial charge in [-0.05, 0) is 18.6 Å². The van der Waals surface area contributed by atoms with Gasteiger partial charge >= 0.3 is 0 Å². The molecule has 2 aliphatic heterocycles. The predicted molar refractivity (Wildman–Crippen MR) is 44.9 cm³/mol. The van der Waals surface area contributed by atoms with Gasteiger partial charge < -0.3 is 0 Å². The summed E-state index contributed by atoms with van der Waals surface area (Å²) in [6.45, 7) is 3.31. The van der Waals surface area contributed by atoms with Crippen LogP contribution in [0.5, 0.6) is 0 Å². The number of rotatable bonds is 1. The fourth-order valence-electron chi connectivity index (χ4n) is 1.08. The van der Waals surface area contributed by atoms with Gasteiger partial charge in [0.2, 0.25) is 0 Å². The van der Waals surface area contributed by atoms with E-state index >= 15 is 0 Å². The highest BCUT2D eigenvalue weighted by Gasteiger charge is 2.17. The normalized spacial score (nSPS) is 23.5. The molecular weight excluding hydrogens is 136 g/mol. The smallest absolute Gasteiger partial charge is 0.0484 e. The van der Waals surface area contributed by atoms with E-state index in [0.717, 1.165) is 6.54 Å². The van der Waals surface area contributed by atoms with Crippen molar-refractivity contribution in [2.45, 2.75) is 6.42 Å². The Balaban J connectivity index is 2.02. The zero-order valence-electron chi connectivity index (χ0n) is 6.35. The van der Waals surface area contributed by atoms with Crippen molar-refractivity contribution in [2.75, 3.05) is 6.54 Å². The standard InChI is InChI=1S/C9H11N2/c1-2-4-7-10(6-3-1)11-8-5-9-11/h1-4,6-8H,5,9H2. The van der Waals surface area contributed by atoms with Crippen LogP contribution < -0.4 is 0 Å². The van der Waals surface area contributed by atoms with Gasteiger partial charge in [-0.1, -0.05) is 12.2 Å². The fourth-order valence-corrected chi connectivity index (χ4v) is 1.08. The predicted octanol–water partition coefficient (Wildman–Crippen LogP) is 1.67. The SMILES string of the molecule is [CH]1CCN1N1C=CC=CC=C1. The molecule has 0 aliphatic carbocycles. The Kier molecular flexibility index (Phi) is 1.78. The highest BCUT2D eigenvalue weighted by Crippen LogP contribution is 2.16. The topological polar surface area (TPSA) is 6.48 Å². The molecule has 0 aromatic heterocycles. The van der Waals surface area contributed by atoms with Crippen LogP contribution in [0.4, 0.5) is 0 Å². The molecule has 0 aromatic rings. The van der Waals surface area contributed by atoms with Gasteiger partial charge in [-0.25, -0.2) is 5.01 Å². The van der Waals surface area contributed by atoms with E-state index in [0.29, 0.717) is 0 Å². The minimum atomic E-state index is 1.13. The van der Waals surface area contributed by atoms with Crippen molar-refractivity contribution in [3.05, 3.63) is 43.2 Å². The lowest BCUT2D eigenvalue weighted by molar-refractivity contribution is 0.0503. The van der Waals surface area contributed by atoms with Crippen LogP contribution >= 0.6 is 0 Å². The molecule has 0 saturated carbocycles. The summed E-state index contributed by atoms with van der Waals surface area (Å²) >= 11 is 0. The largest absolute Gasteiger partial charge is 0.289 e. The summed E-state index contributed by atoms with van der Waals surface area (Å²) in [5, 5.41) is 4.27. The zero-order valence-corrected chi connectivity index (χ0v) is 6.35. The van der Waals surface area contributed by atoms with Crippen LogP contribution in [-0.4, -0.2) is 16.6 Å². The van der Waals surface area contributed by atoms with Crippen molar-refractivity contribution < 1.29 is 0 Å². The summed E-state index contributed by atoms with van der Waals surface area (Å²) in [5.74, 6) is 0. The minimum absolute atomic E-state index is 1.13. The molecule has 0 N–H and O–H groups in total. The molecule has 2 heteroatoms. The maximum absolute atomic E-state index is 2.18. The average molecular weight is 147 g/mol. The Morgan fingerprint density at radius 3 is 2.00 bits per heavy atom. The molecule has 2 aliphatic rings. The lowest BCUT2D eigenvalue weighted by Crippen LogP contribution is -2.41. The van der Waals surface area contributed by atoms with Crippen LogP contribution in [0, 0.1) is 6.54 Å². The van der Waals surface area contributed by atoms with E-state index < -0.39 is 0 Å². The maximum atomic E-state index is 2.18. The molecule has 0 aromatic carbocycles. The van der Waals surface area contributed by atoms with Gasteiger partial charge in [0, 0.05) is 25.5 Å². The summed E-state index contributed by atoms with van der Waals surface area (Å²) < 4.78 is 0. The van der Waals surface area contributed by atoms with E-state index in [1.165, 1.54) is 6.42 Å². The van der Waals surface area contributed by atoms with E-state index in [4.69, 9.17) is 0 Å². The lowest BCUT2D eigenvalue weighted by atomic mass is 10.3. The van der Waals surface area contributed by atoms with Crippen LogP contribution in [-0.2, 0) is 0 Å². The van der Waals surface area contributed by atoms with Crippen molar-refractivity contribution in [1.82, 2.24) is 10.0 Å². The fraction of sp³-hybridized carbons (Fsp3) is 0.222. The highest BCUT2D eigenvalue weighted by molar-refractivity contribution is 5.15. The Hall–Kier alpha value is -1.02. The van der Waals surface area contributed by atoms with Crippen molar-refractivity contribution >= 4 is 0 Å². The van der Waals surface area contributed by atoms with Crippen molar-refractivity contribution in [2.24, 2.45) is 0 Å². The van der Waals surface area contributed by atoms with Gasteiger partial charge in [-0.2, -0.15) is 0 Å². The van der Waals surface area contributed by atoms with E-state index in [2.05, 4.69) is 29.0 Å². The quantitative estimate of drug-likeness (QED) is 0.556. The summed E-state index contributed by atoms with van der Waals surface area (Å²) in [6.07, 6.45) is 13.4. The van der Waals surface area contributed by atoms with Gasteiger partial charge in [0.1, 0.15) is 0 Å². The molecule has 0 amide bonds. The molecule has 2 heterocycles. The van der Waals surface area contributed by atoms with Gasteiger partial charge in [0.15, 0.2) is 0 Å². The van der Waals surface area contributed by atoms with Crippen LogP contribution in [0.25, 0.3) is 0 Å². The molecular formula is C9H11N2. The third-order valence-electron chi connectivity index (χ3n) is 1.81. The van der Waals surface area contributed by atoms with Gasteiger partial charge in [0.25, 0.3) is 0 Å². The Morgan fingerprint density at radius 1 is 0.909 bits per heavy atom. The second-order valence-electron chi connectivity index (χ2n) is 2.58. The monoisotopic (exact) mass is 147 g/mol. The molecule has 0 atom stereocenters. The number of nitrogens with zero attached hydrogens (tertiary/aromatic N) is 2. The first-order valence-electron chi connectivity index (χ1n) is 3.87. The summed E-state index contributed by atoms with van der Waals surface area (Å²) in [4.78, 5) is 0. The molecule has 2 nitrogen and oxygen atoms in total. The van der Waals surface area contributed by atoms with Crippen molar-refractivity contribution in [3.8, 4) is 0 Å². The molecule has 1 radical (unpaired) electrons. The summed E-state index contributed by atoms with van der Waals surface area (Å²) in [7, 11) is 0. The summed E-state index contributed by atoms with van der Waals surface area (Å²) in [6, 6.07) is 0. The zero-order chi connectivity index (χ0) is 7.52. The molecule has 1 fully saturated rings. The molecule has 0 bridgehead atoms. The number of hydrogen-bond donors (Lipinski definition) is 0. The second-order valence-corrected chi connectivity index (χ2v) is 2.58. The number of hydrogen-bond acceptors (Lipinski definition) is 2. The molecule has 0 spiro atoms. The Labute approximate surface area is 67.1 Å². The van der Waals surface area contributed by atoms with Gasteiger partial charge in [0.05, 0.1) is 0 Å². The number of hydrazine groups is 1. The van der Waals surface area contributed by atoms with Gasteiger partial charge in [-0.3, -0.25) is 5.01 Å². The lowest BCUT2D eigenvalue weighted by Gasteiger charge is -2.37. The molecule has 1 saturated heterocycles.